The topological polar surface area (TPSA) is 46.2 Å². The van der Waals surface area contributed by atoms with Crippen LogP contribution in [0.4, 0.5) is 0 Å². The Hall–Kier alpha value is -0.0800. The summed E-state index contributed by atoms with van der Waals surface area (Å²) in [6.07, 6.45) is 4.05. The SMILES string of the molecule is CC1CCCC1(O)CCN. The molecule has 0 spiro atoms. The van der Waals surface area contributed by atoms with Gasteiger partial charge in [0.15, 0.2) is 0 Å². The van der Waals surface area contributed by atoms with Gasteiger partial charge in [0.1, 0.15) is 0 Å². The van der Waals surface area contributed by atoms with Crippen molar-refractivity contribution in [1.29, 1.82) is 0 Å². The predicted molar refractivity (Wildman–Crippen MR) is 41.6 cm³/mol. The second-order valence-corrected chi connectivity index (χ2v) is 3.44. The standard InChI is InChI=1S/C8H17NO/c1-7-3-2-4-8(7,10)5-6-9/h7,10H,2-6,9H2,1H3. The van der Waals surface area contributed by atoms with Gasteiger partial charge >= 0.3 is 0 Å². The van der Waals surface area contributed by atoms with E-state index in [-0.39, 0.29) is 0 Å². The Labute approximate surface area is 62.4 Å². The van der Waals surface area contributed by atoms with Gasteiger partial charge in [0.25, 0.3) is 0 Å². The van der Waals surface area contributed by atoms with Crippen LogP contribution in [0.15, 0.2) is 0 Å². The van der Waals surface area contributed by atoms with Crippen molar-refractivity contribution in [1.82, 2.24) is 0 Å². The molecular formula is C8H17NO. The maximum atomic E-state index is 9.88. The van der Waals surface area contributed by atoms with Gasteiger partial charge in [-0.15, -0.1) is 0 Å². The molecule has 10 heavy (non-hydrogen) atoms. The van der Waals surface area contributed by atoms with Crippen LogP contribution in [0.1, 0.15) is 32.6 Å². The molecule has 1 rings (SSSR count). The first kappa shape index (κ1) is 8.02. The fourth-order valence-electron chi connectivity index (χ4n) is 1.85. The maximum absolute atomic E-state index is 9.88. The molecule has 2 heteroatoms. The highest BCUT2D eigenvalue weighted by Gasteiger charge is 2.36. The third kappa shape index (κ3) is 1.32. The molecule has 1 fully saturated rings. The van der Waals surface area contributed by atoms with Gasteiger partial charge in [-0.2, -0.15) is 0 Å². The Kier molecular flexibility index (Phi) is 2.32. The van der Waals surface area contributed by atoms with Crippen LogP contribution in [0.3, 0.4) is 0 Å². The molecule has 0 radical (unpaired) electrons. The van der Waals surface area contributed by atoms with Gasteiger partial charge in [0, 0.05) is 0 Å². The van der Waals surface area contributed by atoms with Crippen molar-refractivity contribution in [3.63, 3.8) is 0 Å². The van der Waals surface area contributed by atoms with Gasteiger partial charge in [-0.1, -0.05) is 13.3 Å². The van der Waals surface area contributed by atoms with Gasteiger partial charge in [0.05, 0.1) is 5.60 Å². The lowest BCUT2D eigenvalue weighted by Crippen LogP contribution is -2.33. The number of aliphatic hydroxyl groups is 1. The maximum Gasteiger partial charge on any atom is 0.0685 e. The molecule has 1 aliphatic carbocycles. The highest BCUT2D eigenvalue weighted by molar-refractivity contribution is 4.89. The lowest BCUT2D eigenvalue weighted by molar-refractivity contribution is 0.00341. The summed E-state index contributed by atoms with van der Waals surface area (Å²) in [6.45, 7) is 2.73. The zero-order chi connectivity index (χ0) is 7.61. The van der Waals surface area contributed by atoms with Crippen LogP contribution in [0.2, 0.25) is 0 Å². The molecule has 3 N–H and O–H groups in total. The van der Waals surface area contributed by atoms with E-state index in [1.165, 1.54) is 0 Å². The molecule has 0 aromatic carbocycles. The van der Waals surface area contributed by atoms with E-state index in [9.17, 15) is 5.11 Å². The largest absolute Gasteiger partial charge is 0.390 e. The average Bonchev–Trinajstić information content (AvgIpc) is 2.15. The Morgan fingerprint density at radius 1 is 1.70 bits per heavy atom. The Morgan fingerprint density at radius 3 is 2.80 bits per heavy atom. The summed E-state index contributed by atoms with van der Waals surface area (Å²) >= 11 is 0. The molecule has 0 amide bonds. The molecule has 0 bridgehead atoms. The molecule has 0 aliphatic heterocycles. The molecule has 2 nitrogen and oxygen atoms in total. The second-order valence-electron chi connectivity index (χ2n) is 3.44. The van der Waals surface area contributed by atoms with E-state index >= 15 is 0 Å². The van der Waals surface area contributed by atoms with Crippen LogP contribution < -0.4 is 5.73 Å². The van der Waals surface area contributed by atoms with E-state index < -0.39 is 5.60 Å². The van der Waals surface area contributed by atoms with E-state index in [1.807, 2.05) is 0 Å². The molecule has 1 aliphatic rings. The van der Waals surface area contributed by atoms with E-state index in [0.717, 1.165) is 25.7 Å². The monoisotopic (exact) mass is 143 g/mol. The zero-order valence-electron chi connectivity index (χ0n) is 6.64. The minimum atomic E-state index is -0.422. The van der Waals surface area contributed by atoms with Crippen LogP contribution in [0, 0.1) is 5.92 Å². The number of nitrogens with two attached hydrogens (primary N) is 1. The van der Waals surface area contributed by atoms with Gasteiger partial charge in [-0.05, 0) is 31.7 Å². The highest BCUT2D eigenvalue weighted by atomic mass is 16.3. The minimum Gasteiger partial charge on any atom is -0.390 e. The van der Waals surface area contributed by atoms with Crippen LogP contribution in [-0.4, -0.2) is 17.3 Å². The third-order valence-corrected chi connectivity index (χ3v) is 2.74. The third-order valence-electron chi connectivity index (χ3n) is 2.74. The van der Waals surface area contributed by atoms with Crippen LogP contribution >= 0.6 is 0 Å². The summed E-state index contributed by atoms with van der Waals surface area (Å²) in [5.74, 6) is 0.455. The van der Waals surface area contributed by atoms with Crippen molar-refractivity contribution < 1.29 is 5.11 Å². The van der Waals surface area contributed by atoms with E-state index in [4.69, 9.17) is 5.73 Å². The molecule has 0 saturated heterocycles. The molecule has 1 saturated carbocycles. The quantitative estimate of drug-likeness (QED) is 0.603. The molecule has 2 unspecified atom stereocenters. The molecular weight excluding hydrogens is 126 g/mol. The second kappa shape index (κ2) is 2.89. The summed E-state index contributed by atoms with van der Waals surface area (Å²) in [5.41, 5.74) is 4.97. The first-order valence-electron chi connectivity index (χ1n) is 4.11. The summed E-state index contributed by atoms with van der Waals surface area (Å²) in [5, 5.41) is 9.88. The van der Waals surface area contributed by atoms with E-state index in [1.54, 1.807) is 0 Å². The zero-order valence-corrected chi connectivity index (χ0v) is 6.64. The van der Waals surface area contributed by atoms with Crippen molar-refractivity contribution in [3.05, 3.63) is 0 Å². The normalized spacial score (nSPS) is 40.5. The Balaban J connectivity index is 2.48. The van der Waals surface area contributed by atoms with E-state index in [2.05, 4.69) is 6.92 Å². The first-order valence-corrected chi connectivity index (χ1v) is 4.11. The van der Waals surface area contributed by atoms with Gasteiger partial charge in [0.2, 0.25) is 0 Å². The Bertz CT molecular complexity index is 116. The van der Waals surface area contributed by atoms with Crippen molar-refractivity contribution in [2.75, 3.05) is 6.54 Å². The summed E-state index contributed by atoms with van der Waals surface area (Å²) in [4.78, 5) is 0. The smallest absolute Gasteiger partial charge is 0.0685 e. The number of rotatable bonds is 2. The molecule has 60 valence electrons. The van der Waals surface area contributed by atoms with Crippen molar-refractivity contribution >= 4 is 0 Å². The average molecular weight is 143 g/mol. The van der Waals surface area contributed by atoms with Crippen LogP contribution in [0.25, 0.3) is 0 Å². The molecule has 0 aromatic heterocycles. The first-order chi connectivity index (χ1) is 4.69. The molecule has 0 heterocycles. The van der Waals surface area contributed by atoms with Gasteiger partial charge in [-0.3, -0.25) is 0 Å². The van der Waals surface area contributed by atoms with E-state index in [0.29, 0.717) is 12.5 Å². The molecule has 2 atom stereocenters. The predicted octanol–water partition coefficient (Wildman–Crippen LogP) is 0.886. The highest BCUT2D eigenvalue weighted by Crippen LogP contribution is 2.37. The van der Waals surface area contributed by atoms with Gasteiger partial charge < -0.3 is 10.8 Å². The number of hydrogen-bond donors (Lipinski definition) is 2. The van der Waals surface area contributed by atoms with Crippen molar-refractivity contribution in [3.8, 4) is 0 Å². The summed E-state index contributed by atoms with van der Waals surface area (Å²) in [6, 6.07) is 0. The van der Waals surface area contributed by atoms with Crippen molar-refractivity contribution in [2.45, 2.75) is 38.2 Å². The summed E-state index contributed by atoms with van der Waals surface area (Å²) < 4.78 is 0. The van der Waals surface area contributed by atoms with Crippen LogP contribution in [0.5, 0.6) is 0 Å². The molecule has 0 aromatic rings. The fraction of sp³-hybridized carbons (Fsp3) is 1.00. The summed E-state index contributed by atoms with van der Waals surface area (Å²) in [7, 11) is 0. The minimum absolute atomic E-state index is 0.422. The number of hydrogen-bond acceptors (Lipinski definition) is 2. The lowest BCUT2D eigenvalue weighted by Gasteiger charge is -2.26. The van der Waals surface area contributed by atoms with Crippen molar-refractivity contribution in [2.24, 2.45) is 11.7 Å². The fourth-order valence-corrected chi connectivity index (χ4v) is 1.85. The van der Waals surface area contributed by atoms with Crippen LogP contribution in [-0.2, 0) is 0 Å². The lowest BCUT2D eigenvalue weighted by atomic mass is 9.89. The van der Waals surface area contributed by atoms with Gasteiger partial charge in [-0.25, -0.2) is 0 Å². The Morgan fingerprint density at radius 2 is 2.40 bits per heavy atom.